The van der Waals surface area contributed by atoms with E-state index in [2.05, 4.69) is 36.2 Å². The van der Waals surface area contributed by atoms with E-state index in [1.54, 1.807) is 0 Å². The predicted octanol–water partition coefficient (Wildman–Crippen LogP) is 1.98. The lowest BCUT2D eigenvalue weighted by Gasteiger charge is -2.30. The van der Waals surface area contributed by atoms with Crippen molar-refractivity contribution in [1.29, 1.82) is 0 Å². The van der Waals surface area contributed by atoms with Crippen molar-refractivity contribution >= 4 is 0 Å². The van der Waals surface area contributed by atoms with Gasteiger partial charge in [0.05, 0.1) is 0 Å². The van der Waals surface area contributed by atoms with Gasteiger partial charge in [0, 0.05) is 12.3 Å². The van der Waals surface area contributed by atoms with E-state index in [0.29, 0.717) is 17.8 Å². The van der Waals surface area contributed by atoms with Crippen LogP contribution in [0.25, 0.3) is 0 Å². The number of rotatable bonds is 5. The molecule has 1 saturated heterocycles. The van der Waals surface area contributed by atoms with E-state index in [0.717, 1.165) is 37.6 Å². The van der Waals surface area contributed by atoms with Gasteiger partial charge in [-0.3, -0.25) is 0 Å². The lowest BCUT2D eigenvalue weighted by molar-refractivity contribution is 0.252. The van der Waals surface area contributed by atoms with Crippen molar-refractivity contribution in [3.8, 4) is 0 Å². The van der Waals surface area contributed by atoms with Crippen molar-refractivity contribution < 1.29 is 4.52 Å². The molecule has 1 aliphatic heterocycles. The Labute approximate surface area is 96.8 Å². The standard InChI is InChI=1S/C12H21N3O/c1-8(2)4-5-11-14-12(16-15-11)9(3)10-6-13-7-10/h8-10,13H,4-7H2,1-3H3. The Bertz CT molecular complexity index is 331. The third-order valence-electron chi connectivity index (χ3n) is 3.34. The SMILES string of the molecule is CC(C)CCc1noc(C(C)C2CNC2)n1. The molecular weight excluding hydrogens is 202 g/mol. The molecule has 2 rings (SSSR count). The normalized spacial score (nSPS) is 18.8. The summed E-state index contributed by atoms with van der Waals surface area (Å²) in [5.41, 5.74) is 0. The van der Waals surface area contributed by atoms with Crippen LogP contribution in [-0.2, 0) is 6.42 Å². The molecular formula is C12H21N3O. The Hall–Kier alpha value is -0.900. The zero-order valence-corrected chi connectivity index (χ0v) is 10.4. The lowest BCUT2D eigenvalue weighted by atomic mass is 9.89. The van der Waals surface area contributed by atoms with Gasteiger partial charge in [-0.05, 0) is 31.3 Å². The number of hydrogen-bond donors (Lipinski definition) is 1. The first-order chi connectivity index (χ1) is 7.66. The molecule has 1 aromatic rings. The Morgan fingerprint density at radius 3 is 2.69 bits per heavy atom. The fraction of sp³-hybridized carbons (Fsp3) is 0.833. The molecule has 0 amide bonds. The number of aromatic nitrogens is 2. The van der Waals surface area contributed by atoms with E-state index in [-0.39, 0.29) is 0 Å². The number of nitrogens with zero attached hydrogens (tertiary/aromatic N) is 2. The van der Waals surface area contributed by atoms with Gasteiger partial charge in [0.25, 0.3) is 0 Å². The summed E-state index contributed by atoms with van der Waals surface area (Å²) in [6.45, 7) is 8.74. The summed E-state index contributed by atoms with van der Waals surface area (Å²) in [5, 5.41) is 7.31. The molecule has 0 aromatic carbocycles. The average Bonchev–Trinajstić information content (AvgIpc) is 2.60. The second kappa shape index (κ2) is 4.95. The lowest BCUT2D eigenvalue weighted by Crippen LogP contribution is -2.44. The first-order valence-corrected chi connectivity index (χ1v) is 6.20. The van der Waals surface area contributed by atoms with Gasteiger partial charge in [-0.1, -0.05) is 25.9 Å². The van der Waals surface area contributed by atoms with Crippen LogP contribution in [0.1, 0.15) is 44.8 Å². The van der Waals surface area contributed by atoms with E-state index in [4.69, 9.17) is 4.52 Å². The van der Waals surface area contributed by atoms with Crippen molar-refractivity contribution in [2.24, 2.45) is 11.8 Å². The molecule has 0 saturated carbocycles. The molecule has 4 heteroatoms. The molecule has 2 heterocycles. The highest BCUT2D eigenvalue weighted by Gasteiger charge is 2.28. The maximum atomic E-state index is 5.33. The molecule has 1 N–H and O–H groups in total. The first-order valence-electron chi connectivity index (χ1n) is 6.20. The molecule has 1 atom stereocenters. The maximum absolute atomic E-state index is 5.33. The predicted molar refractivity (Wildman–Crippen MR) is 62.2 cm³/mol. The van der Waals surface area contributed by atoms with Crippen molar-refractivity contribution in [3.63, 3.8) is 0 Å². The summed E-state index contributed by atoms with van der Waals surface area (Å²) in [6.07, 6.45) is 2.05. The highest BCUT2D eigenvalue weighted by molar-refractivity contribution is 4.98. The quantitative estimate of drug-likeness (QED) is 0.829. The average molecular weight is 223 g/mol. The van der Waals surface area contributed by atoms with Crippen molar-refractivity contribution in [2.75, 3.05) is 13.1 Å². The van der Waals surface area contributed by atoms with Crippen LogP contribution in [0, 0.1) is 11.8 Å². The van der Waals surface area contributed by atoms with Crippen molar-refractivity contribution in [3.05, 3.63) is 11.7 Å². The Morgan fingerprint density at radius 1 is 1.38 bits per heavy atom. The van der Waals surface area contributed by atoms with Crippen LogP contribution in [0.2, 0.25) is 0 Å². The first kappa shape index (κ1) is 11.6. The molecule has 1 fully saturated rings. The van der Waals surface area contributed by atoms with E-state index in [1.165, 1.54) is 0 Å². The van der Waals surface area contributed by atoms with Gasteiger partial charge >= 0.3 is 0 Å². The van der Waals surface area contributed by atoms with E-state index >= 15 is 0 Å². The minimum atomic E-state index is 0.390. The fourth-order valence-corrected chi connectivity index (χ4v) is 1.84. The van der Waals surface area contributed by atoms with Gasteiger partial charge in [-0.2, -0.15) is 4.98 Å². The number of aryl methyl sites for hydroxylation is 1. The minimum absolute atomic E-state index is 0.390. The summed E-state index contributed by atoms with van der Waals surface area (Å²) in [7, 11) is 0. The smallest absolute Gasteiger partial charge is 0.229 e. The summed E-state index contributed by atoms with van der Waals surface area (Å²) >= 11 is 0. The van der Waals surface area contributed by atoms with E-state index < -0.39 is 0 Å². The van der Waals surface area contributed by atoms with Gasteiger partial charge in [-0.15, -0.1) is 0 Å². The third-order valence-corrected chi connectivity index (χ3v) is 3.34. The van der Waals surface area contributed by atoms with Crippen molar-refractivity contribution in [2.45, 2.75) is 39.5 Å². The zero-order chi connectivity index (χ0) is 11.5. The van der Waals surface area contributed by atoms with Crippen LogP contribution in [-0.4, -0.2) is 23.2 Å². The minimum Gasteiger partial charge on any atom is -0.339 e. The number of nitrogens with one attached hydrogen (secondary N) is 1. The molecule has 4 nitrogen and oxygen atoms in total. The zero-order valence-electron chi connectivity index (χ0n) is 10.4. The summed E-state index contributed by atoms with van der Waals surface area (Å²) in [4.78, 5) is 4.48. The second-order valence-corrected chi connectivity index (χ2v) is 5.19. The highest BCUT2D eigenvalue weighted by Crippen LogP contribution is 2.25. The van der Waals surface area contributed by atoms with Crippen LogP contribution >= 0.6 is 0 Å². The molecule has 0 bridgehead atoms. The van der Waals surface area contributed by atoms with Crippen LogP contribution in [0.15, 0.2) is 4.52 Å². The number of hydrogen-bond acceptors (Lipinski definition) is 4. The molecule has 1 aliphatic rings. The van der Waals surface area contributed by atoms with Crippen LogP contribution in [0.5, 0.6) is 0 Å². The van der Waals surface area contributed by atoms with Gasteiger partial charge in [0.15, 0.2) is 5.82 Å². The Kier molecular flexibility index (Phi) is 3.59. The summed E-state index contributed by atoms with van der Waals surface area (Å²) < 4.78 is 5.33. The van der Waals surface area contributed by atoms with E-state index in [9.17, 15) is 0 Å². The van der Waals surface area contributed by atoms with Crippen LogP contribution in [0.4, 0.5) is 0 Å². The third kappa shape index (κ3) is 2.61. The van der Waals surface area contributed by atoms with Crippen LogP contribution < -0.4 is 5.32 Å². The van der Waals surface area contributed by atoms with Crippen molar-refractivity contribution in [1.82, 2.24) is 15.5 Å². The van der Waals surface area contributed by atoms with E-state index in [1.807, 2.05) is 0 Å². The van der Waals surface area contributed by atoms with Gasteiger partial charge in [0.2, 0.25) is 5.89 Å². The van der Waals surface area contributed by atoms with Gasteiger partial charge in [-0.25, -0.2) is 0 Å². The molecule has 0 aliphatic carbocycles. The van der Waals surface area contributed by atoms with Gasteiger partial charge in [0.1, 0.15) is 0 Å². The Balaban J connectivity index is 1.90. The Morgan fingerprint density at radius 2 is 2.12 bits per heavy atom. The molecule has 1 aromatic heterocycles. The topological polar surface area (TPSA) is 51.0 Å². The van der Waals surface area contributed by atoms with Gasteiger partial charge < -0.3 is 9.84 Å². The molecule has 90 valence electrons. The molecule has 0 radical (unpaired) electrons. The second-order valence-electron chi connectivity index (χ2n) is 5.19. The summed E-state index contributed by atoms with van der Waals surface area (Å²) in [5.74, 6) is 3.42. The molecule has 16 heavy (non-hydrogen) atoms. The summed E-state index contributed by atoms with van der Waals surface area (Å²) in [6, 6.07) is 0. The molecule has 0 spiro atoms. The fourth-order valence-electron chi connectivity index (χ4n) is 1.84. The monoisotopic (exact) mass is 223 g/mol. The largest absolute Gasteiger partial charge is 0.339 e. The highest BCUT2D eigenvalue weighted by atomic mass is 16.5. The van der Waals surface area contributed by atoms with Crippen LogP contribution in [0.3, 0.4) is 0 Å². The molecule has 1 unspecified atom stereocenters. The maximum Gasteiger partial charge on any atom is 0.229 e.